The molecule has 7 heteroatoms. The normalized spacial score (nSPS) is 14.6. The number of benzene rings is 2. The molecule has 1 aromatic heterocycles. The third-order valence-electron chi connectivity index (χ3n) is 4.34. The molecule has 4 rings (SSSR count). The summed E-state index contributed by atoms with van der Waals surface area (Å²) in [5, 5.41) is 6.72. The van der Waals surface area contributed by atoms with E-state index in [1.165, 1.54) is 0 Å². The van der Waals surface area contributed by atoms with Crippen molar-refractivity contribution >= 4 is 11.6 Å². The molecule has 1 aliphatic carbocycles. The maximum Gasteiger partial charge on any atom is 0.245 e. The van der Waals surface area contributed by atoms with Gasteiger partial charge in [-0.05, 0) is 42.7 Å². The van der Waals surface area contributed by atoms with Gasteiger partial charge in [0.15, 0.2) is 6.61 Å². The van der Waals surface area contributed by atoms with Crippen molar-refractivity contribution in [2.75, 3.05) is 5.32 Å². The quantitative estimate of drug-likeness (QED) is 0.667. The topological polar surface area (TPSA) is 103 Å². The third kappa shape index (κ3) is 4.32. The SMILES string of the molecule is NC(C(=O)Nc1ccc(OCc2noc(C3CC3)n2)cc1)c1ccccc1. The number of carbonyl (C=O) groups is 1. The molecule has 1 amide bonds. The van der Waals surface area contributed by atoms with E-state index in [1.807, 2.05) is 30.3 Å². The highest BCUT2D eigenvalue weighted by Crippen LogP contribution is 2.38. The summed E-state index contributed by atoms with van der Waals surface area (Å²) in [5.74, 6) is 2.04. The van der Waals surface area contributed by atoms with Crippen LogP contribution in [-0.4, -0.2) is 16.0 Å². The average Bonchev–Trinajstić information content (AvgIpc) is 3.45. The Morgan fingerprint density at radius 2 is 1.93 bits per heavy atom. The van der Waals surface area contributed by atoms with Crippen LogP contribution in [0.25, 0.3) is 0 Å². The molecule has 3 aromatic rings. The van der Waals surface area contributed by atoms with Gasteiger partial charge in [0.1, 0.15) is 11.8 Å². The molecule has 1 atom stereocenters. The fourth-order valence-corrected chi connectivity index (χ4v) is 2.64. The van der Waals surface area contributed by atoms with Crippen LogP contribution in [0.2, 0.25) is 0 Å². The lowest BCUT2D eigenvalue weighted by molar-refractivity contribution is -0.117. The second-order valence-corrected chi connectivity index (χ2v) is 6.51. The van der Waals surface area contributed by atoms with Gasteiger partial charge in [0.2, 0.25) is 17.6 Å². The fourth-order valence-electron chi connectivity index (χ4n) is 2.64. The molecule has 27 heavy (non-hydrogen) atoms. The van der Waals surface area contributed by atoms with E-state index < -0.39 is 6.04 Å². The molecule has 138 valence electrons. The summed E-state index contributed by atoms with van der Waals surface area (Å²) in [6.45, 7) is 0.237. The van der Waals surface area contributed by atoms with E-state index in [-0.39, 0.29) is 12.5 Å². The lowest BCUT2D eigenvalue weighted by Gasteiger charge is -2.13. The van der Waals surface area contributed by atoms with Gasteiger partial charge >= 0.3 is 0 Å². The van der Waals surface area contributed by atoms with E-state index in [4.69, 9.17) is 15.0 Å². The highest BCUT2D eigenvalue weighted by Gasteiger charge is 2.29. The van der Waals surface area contributed by atoms with Crippen molar-refractivity contribution in [2.24, 2.45) is 5.73 Å². The molecule has 7 nitrogen and oxygen atoms in total. The Kier molecular flexibility index (Phi) is 4.84. The fraction of sp³-hybridized carbons (Fsp3) is 0.250. The summed E-state index contributed by atoms with van der Waals surface area (Å²) >= 11 is 0. The largest absolute Gasteiger partial charge is 0.485 e. The highest BCUT2D eigenvalue weighted by atomic mass is 16.5. The Hall–Kier alpha value is -3.19. The van der Waals surface area contributed by atoms with E-state index in [9.17, 15) is 4.79 Å². The van der Waals surface area contributed by atoms with Gasteiger partial charge in [-0.15, -0.1) is 0 Å². The van der Waals surface area contributed by atoms with Crippen LogP contribution < -0.4 is 15.8 Å². The molecular formula is C20H20N4O3. The zero-order chi connectivity index (χ0) is 18.6. The van der Waals surface area contributed by atoms with Crippen LogP contribution in [-0.2, 0) is 11.4 Å². The van der Waals surface area contributed by atoms with Gasteiger partial charge < -0.3 is 20.3 Å². The van der Waals surface area contributed by atoms with Crippen molar-refractivity contribution in [3.63, 3.8) is 0 Å². The standard InChI is InChI=1S/C20H20N4O3/c21-18(13-4-2-1-3-5-13)19(25)22-15-8-10-16(11-9-15)26-12-17-23-20(27-24-17)14-6-7-14/h1-5,8-11,14,18H,6-7,12,21H2,(H,22,25). The van der Waals surface area contributed by atoms with Gasteiger partial charge in [0.05, 0.1) is 0 Å². The van der Waals surface area contributed by atoms with Crippen LogP contribution in [0.1, 0.15) is 42.1 Å². The smallest absolute Gasteiger partial charge is 0.245 e. The number of amides is 1. The average molecular weight is 364 g/mol. The number of aromatic nitrogens is 2. The van der Waals surface area contributed by atoms with Crippen molar-refractivity contribution < 1.29 is 14.1 Å². The zero-order valence-corrected chi connectivity index (χ0v) is 14.7. The van der Waals surface area contributed by atoms with Gasteiger partial charge in [-0.25, -0.2) is 0 Å². The second-order valence-electron chi connectivity index (χ2n) is 6.51. The molecule has 2 aromatic carbocycles. The maximum atomic E-state index is 12.3. The minimum absolute atomic E-state index is 0.237. The summed E-state index contributed by atoms with van der Waals surface area (Å²) in [5.41, 5.74) is 7.41. The Balaban J connectivity index is 1.30. The van der Waals surface area contributed by atoms with Gasteiger partial charge in [0, 0.05) is 11.6 Å². The molecule has 1 unspecified atom stereocenters. The summed E-state index contributed by atoms with van der Waals surface area (Å²) in [6.07, 6.45) is 2.23. The molecule has 0 radical (unpaired) electrons. The number of hydrogen-bond acceptors (Lipinski definition) is 6. The Morgan fingerprint density at radius 3 is 2.63 bits per heavy atom. The van der Waals surface area contributed by atoms with Crippen molar-refractivity contribution in [1.29, 1.82) is 0 Å². The van der Waals surface area contributed by atoms with Gasteiger partial charge in [-0.1, -0.05) is 35.5 Å². The number of rotatable bonds is 7. The highest BCUT2D eigenvalue weighted by molar-refractivity contribution is 5.95. The molecule has 0 saturated heterocycles. The van der Waals surface area contributed by atoms with Crippen LogP contribution >= 0.6 is 0 Å². The first-order chi connectivity index (χ1) is 13.2. The Labute approximate surface area is 156 Å². The first-order valence-corrected chi connectivity index (χ1v) is 8.86. The zero-order valence-electron chi connectivity index (χ0n) is 14.7. The van der Waals surface area contributed by atoms with Crippen LogP contribution in [0.15, 0.2) is 59.1 Å². The number of anilines is 1. The molecular weight excluding hydrogens is 344 g/mol. The Bertz CT molecular complexity index is 904. The summed E-state index contributed by atoms with van der Waals surface area (Å²) < 4.78 is 10.9. The van der Waals surface area contributed by atoms with Gasteiger partial charge in [-0.2, -0.15) is 4.98 Å². The molecule has 0 bridgehead atoms. The number of ether oxygens (including phenoxy) is 1. The van der Waals surface area contributed by atoms with Gasteiger partial charge in [0.25, 0.3) is 0 Å². The third-order valence-corrected chi connectivity index (χ3v) is 4.34. The summed E-state index contributed by atoms with van der Waals surface area (Å²) in [4.78, 5) is 16.6. The molecule has 1 aliphatic rings. The first-order valence-electron chi connectivity index (χ1n) is 8.86. The van der Waals surface area contributed by atoms with Gasteiger partial charge in [-0.3, -0.25) is 4.79 Å². The van der Waals surface area contributed by atoms with Crippen molar-refractivity contribution in [2.45, 2.75) is 31.4 Å². The minimum Gasteiger partial charge on any atom is -0.485 e. The number of carbonyl (C=O) groups excluding carboxylic acids is 1. The lowest BCUT2D eigenvalue weighted by Crippen LogP contribution is -2.27. The van der Waals surface area contributed by atoms with Crippen LogP contribution in [0, 0.1) is 0 Å². The molecule has 1 heterocycles. The van der Waals surface area contributed by atoms with Crippen molar-refractivity contribution in [1.82, 2.24) is 10.1 Å². The second kappa shape index (κ2) is 7.59. The number of nitrogens with one attached hydrogen (secondary N) is 1. The molecule has 1 fully saturated rings. The monoisotopic (exact) mass is 364 g/mol. The Morgan fingerprint density at radius 1 is 1.19 bits per heavy atom. The van der Waals surface area contributed by atoms with Crippen LogP contribution in [0.3, 0.4) is 0 Å². The van der Waals surface area contributed by atoms with E-state index in [1.54, 1.807) is 24.3 Å². The van der Waals surface area contributed by atoms with Crippen molar-refractivity contribution in [3.05, 3.63) is 71.9 Å². The molecule has 1 saturated carbocycles. The maximum absolute atomic E-state index is 12.3. The van der Waals surface area contributed by atoms with E-state index in [0.717, 1.165) is 18.4 Å². The molecule has 0 aliphatic heterocycles. The predicted octanol–water partition coefficient (Wildman–Crippen LogP) is 3.16. The minimum atomic E-state index is -0.721. The summed E-state index contributed by atoms with van der Waals surface area (Å²) in [6, 6.07) is 15.6. The lowest BCUT2D eigenvalue weighted by atomic mass is 10.1. The molecule has 3 N–H and O–H groups in total. The van der Waals surface area contributed by atoms with Crippen LogP contribution in [0.5, 0.6) is 5.75 Å². The van der Waals surface area contributed by atoms with E-state index >= 15 is 0 Å². The number of nitrogens with zero attached hydrogens (tertiary/aromatic N) is 2. The molecule has 0 spiro atoms. The predicted molar refractivity (Wildman–Crippen MR) is 99.0 cm³/mol. The van der Waals surface area contributed by atoms with Crippen molar-refractivity contribution in [3.8, 4) is 5.75 Å². The van der Waals surface area contributed by atoms with E-state index in [0.29, 0.717) is 29.1 Å². The van der Waals surface area contributed by atoms with Crippen LogP contribution in [0.4, 0.5) is 5.69 Å². The van der Waals surface area contributed by atoms with E-state index in [2.05, 4.69) is 15.5 Å². The first kappa shape index (κ1) is 17.2. The number of nitrogens with two attached hydrogens (primary N) is 1. The summed E-state index contributed by atoms with van der Waals surface area (Å²) in [7, 11) is 0. The number of hydrogen-bond donors (Lipinski definition) is 2.